The molecule has 4 heteroatoms. The first-order valence-electron chi connectivity index (χ1n) is 7.72. The maximum absolute atomic E-state index is 13.5. The van der Waals surface area contributed by atoms with Crippen LogP contribution in [0.4, 0.5) is 4.39 Å². The predicted molar refractivity (Wildman–Crippen MR) is 98.7 cm³/mol. The molecule has 23 heavy (non-hydrogen) atoms. The fourth-order valence-electron chi connectivity index (χ4n) is 1.87. The third-order valence-electron chi connectivity index (χ3n) is 3.27. The first-order valence-corrected chi connectivity index (χ1v) is 7.72. The number of nitrogens with one attached hydrogen (secondary N) is 1. The lowest BCUT2D eigenvalue weighted by molar-refractivity contribution is 0.651. The Morgan fingerprint density at radius 1 is 1.39 bits per heavy atom. The fourth-order valence-corrected chi connectivity index (χ4v) is 1.87. The second kappa shape index (κ2) is 9.03. The minimum Gasteiger partial charge on any atom is -0.380 e. The quantitative estimate of drug-likeness (QED) is 0.538. The van der Waals surface area contributed by atoms with Gasteiger partial charge in [0, 0.05) is 12.6 Å². The van der Waals surface area contributed by atoms with Crippen LogP contribution >= 0.6 is 0 Å². The van der Waals surface area contributed by atoms with E-state index >= 15 is 0 Å². The van der Waals surface area contributed by atoms with Crippen molar-refractivity contribution >= 4 is 12.1 Å². The molecule has 1 aliphatic rings. The lowest BCUT2D eigenvalue weighted by Crippen LogP contribution is -2.22. The average Bonchev–Trinajstić information content (AvgIpc) is 2.63. The number of hydrogen-bond acceptors (Lipinski definition) is 2. The second-order valence-electron chi connectivity index (χ2n) is 5.89. The monoisotopic (exact) mass is 315 g/mol. The zero-order chi connectivity index (χ0) is 17.4. The summed E-state index contributed by atoms with van der Waals surface area (Å²) in [6.07, 6.45) is 7.45. The van der Waals surface area contributed by atoms with E-state index in [1.807, 2.05) is 26.8 Å². The van der Waals surface area contributed by atoms with Crippen LogP contribution in [0.25, 0.3) is 0 Å². The first-order chi connectivity index (χ1) is 10.8. The van der Waals surface area contributed by atoms with Crippen LogP contribution in [0.15, 0.2) is 69.6 Å². The lowest BCUT2D eigenvalue weighted by Gasteiger charge is -2.12. The molecule has 0 heterocycles. The number of aliphatic imine (C=N–C) groups is 2. The molecule has 1 N–H and O–H groups in total. The van der Waals surface area contributed by atoms with Crippen molar-refractivity contribution in [2.24, 2.45) is 9.98 Å². The molecular weight excluding hydrogens is 289 g/mol. The molecule has 3 nitrogen and oxygen atoms in total. The molecule has 0 fully saturated rings. The summed E-state index contributed by atoms with van der Waals surface area (Å²) in [6.45, 7) is 16.1. The molecule has 0 bridgehead atoms. The third kappa shape index (κ3) is 6.59. The highest BCUT2D eigenvalue weighted by Gasteiger charge is 2.07. The molecule has 0 saturated carbocycles. The summed E-state index contributed by atoms with van der Waals surface area (Å²) in [5, 5.41) is 3.22. The molecule has 0 unspecified atom stereocenters. The molecule has 1 aliphatic carbocycles. The van der Waals surface area contributed by atoms with Gasteiger partial charge in [-0.25, -0.2) is 9.38 Å². The Bertz CT molecular complexity index is 617. The summed E-state index contributed by atoms with van der Waals surface area (Å²) in [4.78, 5) is 8.54. The van der Waals surface area contributed by atoms with Crippen LogP contribution < -0.4 is 5.32 Å². The van der Waals surface area contributed by atoms with E-state index in [2.05, 4.69) is 28.5 Å². The van der Waals surface area contributed by atoms with Gasteiger partial charge in [0.1, 0.15) is 12.2 Å². The molecule has 1 rings (SSSR count). The van der Waals surface area contributed by atoms with E-state index in [0.717, 1.165) is 16.7 Å². The zero-order valence-corrected chi connectivity index (χ0v) is 14.5. The van der Waals surface area contributed by atoms with Crippen molar-refractivity contribution in [1.29, 1.82) is 0 Å². The van der Waals surface area contributed by atoms with Gasteiger partial charge in [-0.1, -0.05) is 25.3 Å². The van der Waals surface area contributed by atoms with Crippen LogP contribution in [-0.2, 0) is 0 Å². The Hall–Kier alpha value is -2.23. The average molecular weight is 315 g/mol. The standard InChI is InChI=1S/C19H26FN3/c1-13(2)19(23-12-22-14(3)4)16(6)21-11-17-8-7-15(5)18(20)10-9-17/h8-10,12,14,21H,1,6-7,11H2,2-5H3. The summed E-state index contributed by atoms with van der Waals surface area (Å²) in [5.74, 6) is -0.163. The van der Waals surface area contributed by atoms with Crippen LogP contribution in [0, 0.1) is 0 Å². The molecule has 0 spiro atoms. The Kier molecular flexibility index (Phi) is 7.39. The van der Waals surface area contributed by atoms with E-state index in [1.165, 1.54) is 12.4 Å². The van der Waals surface area contributed by atoms with E-state index in [4.69, 9.17) is 0 Å². The lowest BCUT2D eigenvalue weighted by atomic mass is 10.1. The van der Waals surface area contributed by atoms with Crippen molar-refractivity contribution in [3.8, 4) is 0 Å². The van der Waals surface area contributed by atoms with Gasteiger partial charge in [-0.05, 0) is 56.9 Å². The molecule has 0 saturated heterocycles. The molecule has 0 radical (unpaired) electrons. The van der Waals surface area contributed by atoms with Crippen molar-refractivity contribution in [2.75, 3.05) is 6.54 Å². The summed E-state index contributed by atoms with van der Waals surface area (Å²) >= 11 is 0. The van der Waals surface area contributed by atoms with E-state index < -0.39 is 0 Å². The zero-order valence-electron chi connectivity index (χ0n) is 14.5. The van der Waals surface area contributed by atoms with Crippen LogP contribution in [0.3, 0.4) is 0 Å². The van der Waals surface area contributed by atoms with E-state index in [0.29, 0.717) is 24.4 Å². The Morgan fingerprint density at radius 2 is 2.09 bits per heavy atom. The molecular formula is C19H26FN3. The van der Waals surface area contributed by atoms with Gasteiger partial charge in [-0.15, -0.1) is 0 Å². The van der Waals surface area contributed by atoms with Gasteiger partial charge < -0.3 is 5.32 Å². The highest BCUT2D eigenvalue weighted by atomic mass is 19.1. The topological polar surface area (TPSA) is 36.8 Å². The molecule has 0 aliphatic heterocycles. The van der Waals surface area contributed by atoms with E-state index in [1.54, 1.807) is 13.0 Å². The van der Waals surface area contributed by atoms with Gasteiger partial charge in [0.25, 0.3) is 0 Å². The van der Waals surface area contributed by atoms with Crippen LogP contribution in [0.1, 0.15) is 34.1 Å². The van der Waals surface area contributed by atoms with Crippen molar-refractivity contribution in [2.45, 2.75) is 40.2 Å². The van der Waals surface area contributed by atoms with Crippen molar-refractivity contribution in [1.82, 2.24) is 5.32 Å². The molecule has 0 amide bonds. The smallest absolute Gasteiger partial charge is 0.122 e. The van der Waals surface area contributed by atoms with Gasteiger partial charge in [0.05, 0.1) is 11.4 Å². The van der Waals surface area contributed by atoms with Gasteiger partial charge in [0.15, 0.2) is 0 Å². The van der Waals surface area contributed by atoms with Gasteiger partial charge in [0.2, 0.25) is 0 Å². The van der Waals surface area contributed by atoms with Crippen LogP contribution in [0.5, 0.6) is 0 Å². The highest BCUT2D eigenvalue weighted by Crippen LogP contribution is 2.18. The Morgan fingerprint density at radius 3 is 2.70 bits per heavy atom. The van der Waals surface area contributed by atoms with Gasteiger partial charge in [-0.2, -0.15) is 0 Å². The number of nitrogens with zero attached hydrogens (tertiary/aromatic N) is 2. The normalized spacial score (nSPS) is 15.9. The maximum Gasteiger partial charge on any atom is 0.122 e. The number of hydrogen-bond donors (Lipinski definition) is 1. The van der Waals surface area contributed by atoms with Crippen LogP contribution in [0.2, 0.25) is 0 Å². The number of rotatable bonds is 7. The summed E-state index contributed by atoms with van der Waals surface area (Å²) < 4.78 is 13.5. The van der Waals surface area contributed by atoms with Gasteiger partial charge >= 0.3 is 0 Å². The summed E-state index contributed by atoms with van der Waals surface area (Å²) in [5.41, 5.74) is 3.93. The van der Waals surface area contributed by atoms with Crippen molar-refractivity contribution < 1.29 is 4.39 Å². The Labute approximate surface area is 138 Å². The second-order valence-corrected chi connectivity index (χ2v) is 5.89. The molecule has 0 aromatic rings. The highest BCUT2D eigenvalue weighted by molar-refractivity contribution is 6.13. The van der Waals surface area contributed by atoms with Crippen LogP contribution in [-0.4, -0.2) is 24.6 Å². The molecule has 0 atom stereocenters. The SMILES string of the molecule is C=C(C)C(=NC=NC(C)C)C(=C)NCC1=CCC(C)=C(F)C=C1. The van der Waals surface area contributed by atoms with Crippen molar-refractivity contribution in [3.63, 3.8) is 0 Å². The maximum atomic E-state index is 13.5. The molecule has 0 aromatic carbocycles. The molecule has 0 aromatic heterocycles. The predicted octanol–water partition coefficient (Wildman–Crippen LogP) is 4.67. The van der Waals surface area contributed by atoms with Gasteiger partial charge in [-0.3, -0.25) is 4.99 Å². The number of halogens is 1. The summed E-state index contributed by atoms with van der Waals surface area (Å²) in [7, 11) is 0. The number of allylic oxidation sites excluding steroid dienone is 5. The molecule has 124 valence electrons. The summed E-state index contributed by atoms with van der Waals surface area (Å²) in [6, 6.07) is 0.193. The first kappa shape index (κ1) is 18.8. The third-order valence-corrected chi connectivity index (χ3v) is 3.27. The minimum absolute atomic E-state index is 0.163. The van der Waals surface area contributed by atoms with E-state index in [9.17, 15) is 4.39 Å². The largest absolute Gasteiger partial charge is 0.380 e. The minimum atomic E-state index is -0.163. The van der Waals surface area contributed by atoms with Crippen molar-refractivity contribution in [3.05, 3.63) is 59.6 Å². The Balaban J connectivity index is 2.71. The fraction of sp³-hybridized carbons (Fsp3) is 0.368. The van der Waals surface area contributed by atoms with E-state index in [-0.39, 0.29) is 11.9 Å².